The van der Waals surface area contributed by atoms with Gasteiger partial charge in [0, 0.05) is 0 Å². The van der Waals surface area contributed by atoms with Crippen molar-refractivity contribution in [2.24, 2.45) is 0 Å². The third-order valence-corrected chi connectivity index (χ3v) is 3.34. The molecule has 0 unspecified atom stereocenters. The van der Waals surface area contributed by atoms with Gasteiger partial charge in [0.05, 0.1) is 20.5 Å². The summed E-state index contributed by atoms with van der Waals surface area (Å²) in [5.74, 6) is 0. The average Bonchev–Trinajstić information content (AvgIpc) is 2.65. The van der Waals surface area contributed by atoms with Crippen molar-refractivity contribution in [1.29, 1.82) is 5.26 Å². The maximum Gasteiger partial charge on any atom is 0.147 e. The van der Waals surface area contributed by atoms with Gasteiger partial charge < -0.3 is 0 Å². The molecule has 5 heteroatoms. The van der Waals surface area contributed by atoms with Crippen LogP contribution >= 0.6 is 34.5 Å². The van der Waals surface area contributed by atoms with E-state index in [1.54, 1.807) is 18.2 Å². The van der Waals surface area contributed by atoms with Gasteiger partial charge >= 0.3 is 0 Å². The third-order valence-electron chi connectivity index (χ3n) is 1.79. The highest BCUT2D eigenvalue weighted by atomic mass is 35.5. The van der Waals surface area contributed by atoms with E-state index in [2.05, 4.69) is 4.98 Å². The lowest BCUT2D eigenvalue weighted by Crippen LogP contribution is -1.85. The van der Waals surface area contributed by atoms with Gasteiger partial charge in [0.1, 0.15) is 11.2 Å². The van der Waals surface area contributed by atoms with Crippen molar-refractivity contribution in [3.8, 4) is 16.6 Å². The van der Waals surface area contributed by atoms with Gasteiger partial charge in [-0.05, 0) is 24.3 Å². The second kappa shape index (κ2) is 4.19. The van der Waals surface area contributed by atoms with Gasteiger partial charge in [-0.15, -0.1) is 11.3 Å². The van der Waals surface area contributed by atoms with Crippen LogP contribution in [0.4, 0.5) is 0 Å². The fourth-order valence-electron chi connectivity index (χ4n) is 1.11. The normalized spacial score (nSPS) is 9.93. The molecule has 2 aromatic heterocycles. The first kappa shape index (κ1) is 10.4. The maximum atomic E-state index is 8.69. The minimum atomic E-state index is 0.222. The summed E-state index contributed by atoms with van der Waals surface area (Å²) >= 11 is 13.1. The molecule has 0 aromatic carbocycles. The van der Waals surface area contributed by atoms with E-state index in [-0.39, 0.29) is 5.15 Å². The van der Waals surface area contributed by atoms with Gasteiger partial charge in [-0.1, -0.05) is 23.2 Å². The molecular formula is C10H4Cl2N2S. The standard InChI is InChI=1S/C10H4Cl2N2S/c11-9-4-3-8(15-9)7-2-1-6(5-13)10(12)14-7/h1-4H. The van der Waals surface area contributed by atoms with E-state index in [0.29, 0.717) is 9.90 Å². The van der Waals surface area contributed by atoms with Crippen molar-refractivity contribution < 1.29 is 0 Å². The Kier molecular flexibility index (Phi) is 2.92. The van der Waals surface area contributed by atoms with Crippen molar-refractivity contribution in [2.45, 2.75) is 0 Å². The molecule has 74 valence electrons. The molecule has 2 rings (SSSR count). The zero-order valence-corrected chi connectivity index (χ0v) is 9.70. The summed E-state index contributed by atoms with van der Waals surface area (Å²) in [5, 5.41) is 8.91. The molecule has 0 N–H and O–H groups in total. The number of nitriles is 1. The highest BCUT2D eigenvalue weighted by molar-refractivity contribution is 7.19. The molecule has 2 heterocycles. The Bertz CT molecular complexity index is 543. The van der Waals surface area contributed by atoms with Crippen molar-refractivity contribution in [3.05, 3.63) is 39.3 Å². The number of nitrogens with zero attached hydrogens (tertiary/aromatic N) is 2. The number of aromatic nitrogens is 1. The molecule has 0 amide bonds. The van der Waals surface area contributed by atoms with Crippen molar-refractivity contribution in [1.82, 2.24) is 4.98 Å². The molecule has 0 saturated carbocycles. The van der Waals surface area contributed by atoms with Crippen LogP contribution in [0.3, 0.4) is 0 Å². The number of hydrogen-bond donors (Lipinski definition) is 0. The summed E-state index contributed by atoms with van der Waals surface area (Å²) in [7, 11) is 0. The lowest BCUT2D eigenvalue weighted by atomic mass is 10.2. The van der Waals surface area contributed by atoms with E-state index in [0.717, 1.165) is 10.6 Å². The molecule has 0 atom stereocenters. The predicted molar refractivity (Wildman–Crippen MR) is 62.3 cm³/mol. The zero-order valence-electron chi connectivity index (χ0n) is 7.37. The van der Waals surface area contributed by atoms with Crippen molar-refractivity contribution >= 4 is 34.5 Å². The molecule has 0 aliphatic heterocycles. The lowest BCUT2D eigenvalue weighted by molar-refractivity contribution is 1.31. The average molecular weight is 255 g/mol. The number of pyridine rings is 1. The first-order valence-corrected chi connectivity index (χ1v) is 5.60. The second-order valence-corrected chi connectivity index (χ2v) is 4.82. The van der Waals surface area contributed by atoms with E-state index < -0.39 is 0 Å². The fourth-order valence-corrected chi connectivity index (χ4v) is 2.32. The van der Waals surface area contributed by atoms with Gasteiger partial charge in [0.25, 0.3) is 0 Å². The summed E-state index contributed by atoms with van der Waals surface area (Å²) < 4.78 is 0.701. The molecule has 0 bridgehead atoms. The number of thiophene rings is 1. The first-order valence-electron chi connectivity index (χ1n) is 4.03. The number of halogens is 2. The molecular weight excluding hydrogens is 251 g/mol. The molecule has 0 saturated heterocycles. The molecule has 0 spiro atoms. The second-order valence-electron chi connectivity index (χ2n) is 2.75. The van der Waals surface area contributed by atoms with Crippen LogP contribution in [0.15, 0.2) is 24.3 Å². The Morgan fingerprint density at radius 3 is 2.53 bits per heavy atom. The predicted octanol–water partition coefficient (Wildman–Crippen LogP) is 3.99. The van der Waals surface area contributed by atoms with Gasteiger partial charge in [-0.3, -0.25) is 0 Å². The molecule has 0 radical (unpaired) electrons. The monoisotopic (exact) mass is 254 g/mol. The highest BCUT2D eigenvalue weighted by Crippen LogP contribution is 2.30. The SMILES string of the molecule is N#Cc1ccc(-c2ccc(Cl)s2)nc1Cl. The Labute approximate surface area is 101 Å². The largest absolute Gasteiger partial charge is 0.234 e. The van der Waals surface area contributed by atoms with E-state index in [1.807, 2.05) is 12.1 Å². The van der Waals surface area contributed by atoms with Crippen LogP contribution in [-0.2, 0) is 0 Å². The molecule has 15 heavy (non-hydrogen) atoms. The molecule has 0 aliphatic carbocycles. The van der Waals surface area contributed by atoms with Crippen LogP contribution in [-0.4, -0.2) is 4.98 Å². The number of rotatable bonds is 1. The third kappa shape index (κ3) is 2.13. The number of hydrogen-bond acceptors (Lipinski definition) is 3. The molecule has 2 nitrogen and oxygen atoms in total. The zero-order chi connectivity index (χ0) is 10.8. The van der Waals surface area contributed by atoms with Crippen LogP contribution in [0.2, 0.25) is 9.49 Å². The van der Waals surface area contributed by atoms with Crippen LogP contribution < -0.4 is 0 Å². The Morgan fingerprint density at radius 2 is 2.00 bits per heavy atom. The van der Waals surface area contributed by atoms with Crippen LogP contribution in [0.5, 0.6) is 0 Å². The smallest absolute Gasteiger partial charge is 0.147 e. The van der Waals surface area contributed by atoms with E-state index in [1.165, 1.54) is 11.3 Å². The van der Waals surface area contributed by atoms with Crippen molar-refractivity contribution in [2.75, 3.05) is 0 Å². The van der Waals surface area contributed by atoms with Crippen LogP contribution in [0.25, 0.3) is 10.6 Å². The lowest BCUT2D eigenvalue weighted by Gasteiger charge is -1.98. The highest BCUT2D eigenvalue weighted by Gasteiger charge is 2.06. The Morgan fingerprint density at radius 1 is 1.20 bits per heavy atom. The fraction of sp³-hybridized carbons (Fsp3) is 0. The molecule has 2 aromatic rings. The van der Waals surface area contributed by atoms with E-state index in [4.69, 9.17) is 28.5 Å². The van der Waals surface area contributed by atoms with E-state index >= 15 is 0 Å². The topological polar surface area (TPSA) is 36.7 Å². The molecule has 0 fully saturated rings. The quantitative estimate of drug-likeness (QED) is 0.722. The summed E-state index contributed by atoms with van der Waals surface area (Å²) in [6.45, 7) is 0. The minimum absolute atomic E-state index is 0.222. The summed E-state index contributed by atoms with van der Waals surface area (Å²) in [4.78, 5) is 5.06. The maximum absolute atomic E-state index is 8.69. The van der Waals surface area contributed by atoms with Gasteiger partial charge in [-0.25, -0.2) is 4.98 Å². The molecule has 0 aliphatic rings. The minimum Gasteiger partial charge on any atom is -0.234 e. The summed E-state index contributed by atoms with van der Waals surface area (Å²) in [5.41, 5.74) is 1.11. The van der Waals surface area contributed by atoms with Gasteiger partial charge in [-0.2, -0.15) is 5.26 Å². The summed E-state index contributed by atoms with van der Waals surface area (Å²) in [6.07, 6.45) is 0. The Balaban J connectivity index is 2.48. The van der Waals surface area contributed by atoms with Crippen LogP contribution in [0, 0.1) is 11.3 Å². The van der Waals surface area contributed by atoms with Gasteiger partial charge in [0.2, 0.25) is 0 Å². The Hall–Kier alpha value is -1.08. The van der Waals surface area contributed by atoms with Crippen LogP contribution in [0.1, 0.15) is 5.56 Å². The van der Waals surface area contributed by atoms with Gasteiger partial charge in [0.15, 0.2) is 0 Å². The van der Waals surface area contributed by atoms with Crippen molar-refractivity contribution in [3.63, 3.8) is 0 Å². The summed E-state index contributed by atoms with van der Waals surface area (Å²) in [6, 6.07) is 9.04. The van der Waals surface area contributed by atoms with E-state index in [9.17, 15) is 0 Å². The first-order chi connectivity index (χ1) is 7.20.